The van der Waals surface area contributed by atoms with Crippen LogP contribution in [0, 0.1) is 6.92 Å². The molecule has 2 rings (SSSR count). The predicted molar refractivity (Wildman–Crippen MR) is 54.7 cm³/mol. The maximum absolute atomic E-state index is 12.9. The molecule has 0 aliphatic heterocycles. The van der Waals surface area contributed by atoms with Crippen LogP contribution in [0.25, 0.3) is 0 Å². The van der Waals surface area contributed by atoms with Crippen LogP contribution in [-0.2, 0) is 16.4 Å². The maximum Gasteiger partial charge on any atom is 0.416 e. The molecule has 2 nitrogen and oxygen atoms in total. The first-order chi connectivity index (χ1) is 7.79. The zero-order valence-electron chi connectivity index (χ0n) is 9.14. The molecule has 0 amide bonds. The zero-order chi connectivity index (χ0) is 12.8. The minimum absolute atomic E-state index is 0.0694. The number of carboxylic acids is 1. The molecule has 92 valence electrons. The molecule has 5 heteroatoms. The lowest BCUT2D eigenvalue weighted by molar-refractivity contribution is -0.142. The standard InChI is InChI=1S/C12H11F3O2/c1-7-3-2-4-8(12(13,14)15)9(7)11(5-6-11)10(16)17/h2-4H,5-6H2,1H3,(H,16,17). The van der Waals surface area contributed by atoms with Gasteiger partial charge in [0, 0.05) is 0 Å². The normalized spacial score (nSPS) is 17.9. The van der Waals surface area contributed by atoms with Gasteiger partial charge in [-0.15, -0.1) is 0 Å². The first-order valence-corrected chi connectivity index (χ1v) is 5.20. The molecule has 0 unspecified atom stereocenters. The molecule has 0 saturated heterocycles. The average Bonchev–Trinajstić information content (AvgIpc) is 2.96. The van der Waals surface area contributed by atoms with Gasteiger partial charge in [0.1, 0.15) is 0 Å². The maximum atomic E-state index is 12.9. The van der Waals surface area contributed by atoms with Crippen LogP contribution in [0.3, 0.4) is 0 Å². The quantitative estimate of drug-likeness (QED) is 0.867. The molecule has 1 aromatic carbocycles. The summed E-state index contributed by atoms with van der Waals surface area (Å²) >= 11 is 0. The number of aryl methyl sites for hydroxylation is 1. The van der Waals surface area contributed by atoms with Crippen LogP contribution in [0.4, 0.5) is 13.2 Å². The molecule has 0 aromatic heterocycles. The fourth-order valence-electron chi connectivity index (χ4n) is 2.23. The minimum Gasteiger partial charge on any atom is -0.481 e. The first-order valence-electron chi connectivity index (χ1n) is 5.20. The third kappa shape index (κ3) is 1.79. The average molecular weight is 244 g/mol. The van der Waals surface area contributed by atoms with Crippen LogP contribution in [0.1, 0.15) is 29.5 Å². The van der Waals surface area contributed by atoms with Crippen molar-refractivity contribution < 1.29 is 23.1 Å². The van der Waals surface area contributed by atoms with Gasteiger partial charge >= 0.3 is 12.1 Å². The van der Waals surface area contributed by atoms with Crippen molar-refractivity contribution >= 4 is 5.97 Å². The molecule has 1 aliphatic rings. The van der Waals surface area contributed by atoms with E-state index in [1.807, 2.05) is 0 Å². The lowest BCUT2D eigenvalue weighted by Gasteiger charge is -2.20. The molecule has 0 bridgehead atoms. The minimum atomic E-state index is -4.51. The van der Waals surface area contributed by atoms with E-state index in [-0.39, 0.29) is 18.4 Å². The van der Waals surface area contributed by atoms with E-state index in [0.29, 0.717) is 5.56 Å². The Morgan fingerprint density at radius 2 is 1.94 bits per heavy atom. The molecular weight excluding hydrogens is 233 g/mol. The second kappa shape index (κ2) is 3.48. The molecule has 17 heavy (non-hydrogen) atoms. The van der Waals surface area contributed by atoms with Gasteiger partial charge in [-0.05, 0) is 37.0 Å². The highest BCUT2D eigenvalue weighted by molar-refractivity contribution is 5.86. The number of aliphatic carboxylic acids is 1. The number of alkyl halides is 3. The van der Waals surface area contributed by atoms with Crippen molar-refractivity contribution in [3.63, 3.8) is 0 Å². The Kier molecular flexibility index (Phi) is 2.45. The van der Waals surface area contributed by atoms with E-state index in [1.54, 1.807) is 0 Å². The number of rotatable bonds is 2. The van der Waals surface area contributed by atoms with E-state index in [9.17, 15) is 18.0 Å². The third-order valence-electron chi connectivity index (χ3n) is 3.22. The summed E-state index contributed by atoms with van der Waals surface area (Å²) in [7, 11) is 0. The van der Waals surface area contributed by atoms with Crippen LogP contribution in [-0.4, -0.2) is 11.1 Å². The van der Waals surface area contributed by atoms with Crippen molar-refractivity contribution in [2.45, 2.75) is 31.4 Å². The van der Waals surface area contributed by atoms with Crippen LogP contribution in [0.2, 0.25) is 0 Å². The Balaban J connectivity index is 2.65. The lowest BCUT2D eigenvalue weighted by Crippen LogP contribution is -2.25. The van der Waals surface area contributed by atoms with Crippen LogP contribution in [0.15, 0.2) is 18.2 Å². The van der Waals surface area contributed by atoms with Crippen LogP contribution in [0.5, 0.6) is 0 Å². The van der Waals surface area contributed by atoms with E-state index < -0.39 is 23.1 Å². The fourth-order valence-corrected chi connectivity index (χ4v) is 2.23. The number of carboxylic acid groups (broad SMARTS) is 1. The fraction of sp³-hybridized carbons (Fsp3) is 0.417. The molecule has 1 aliphatic carbocycles. The molecular formula is C12H11F3O2. The van der Waals surface area contributed by atoms with Gasteiger partial charge in [0.2, 0.25) is 0 Å². The SMILES string of the molecule is Cc1cccc(C(F)(F)F)c1C1(C(=O)O)CC1. The number of hydrogen-bond donors (Lipinski definition) is 1. The Hall–Kier alpha value is -1.52. The lowest BCUT2D eigenvalue weighted by atomic mass is 9.87. The van der Waals surface area contributed by atoms with Gasteiger partial charge in [0.25, 0.3) is 0 Å². The summed E-state index contributed by atoms with van der Waals surface area (Å²) in [5, 5.41) is 9.10. The molecule has 0 radical (unpaired) electrons. The Labute approximate surface area is 96.1 Å². The van der Waals surface area contributed by atoms with Crippen molar-refractivity contribution in [1.29, 1.82) is 0 Å². The van der Waals surface area contributed by atoms with Gasteiger partial charge in [-0.2, -0.15) is 13.2 Å². The van der Waals surface area contributed by atoms with Crippen molar-refractivity contribution in [2.24, 2.45) is 0 Å². The van der Waals surface area contributed by atoms with Crippen molar-refractivity contribution in [3.8, 4) is 0 Å². The largest absolute Gasteiger partial charge is 0.481 e. The van der Waals surface area contributed by atoms with E-state index in [1.165, 1.54) is 19.1 Å². The Morgan fingerprint density at radius 3 is 2.35 bits per heavy atom. The van der Waals surface area contributed by atoms with Crippen LogP contribution >= 0.6 is 0 Å². The highest BCUT2D eigenvalue weighted by Gasteiger charge is 2.55. The Bertz CT molecular complexity index is 473. The van der Waals surface area contributed by atoms with Gasteiger partial charge in [-0.3, -0.25) is 4.79 Å². The number of carbonyl (C=O) groups is 1. The van der Waals surface area contributed by atoms with Crippen LogP contribution < -0.4 is 0 Å². The van der Waals surface area contributed by atoms with Crippen molar-refractivity contribution in [1.82, 2.24) is 0 Å². The van der Waals surface area contributed by atoms with E-state index >= 15 is 0 Å². The number of hydrogen-bond acceptors (Lipinski definition) is 1. The first kappa shape index (κ1) is 12.0. The summed E-state index contributed by atoms with van der Waals surface area (Å²) in [6.07, 6.45) is -3.96. The van der Waals surface area contributed by atoms with Gasteiger partial charge in [-0.25, -0.2) is 0 Å². The molecule has 0 spiro atoms. The second-order valence-corrected chi connectivity index (χ2v) is 4.38. The molecule has 1 aromatic rings. The molecule has 1 N–H and O–H groups in total. The monoisotopic (exact) mass is 244 g/mol. The smallest absolute Gasteiger partial charge is 0.416 e. The summed E-state index contributed by atoms with van der Waals surface area (Å²) in [4.78, 5) is 11.1. The topological polar surface area (TPSA) is 37.3 Å². The summed E-state index contributed by atoms with van der Waals surface area (Å²) in [5.74, 6) is -1.17. The zero-order valence-corrected chi connectivity index (χ0v) is 9.14. The van der Waals surface area contributed by atoms with Crippen molar-refractivity contribution in [3.05, 3.63) is 34.9 Å². The Morgan fingerprint density at radius 1 is 1.35 bits per heavy atom. The summed E-state index contributed by atoms with van der Waals surface area (Å²) in [6, 6.07) is 3.78. The predicted octanol–water partition coefficient (Wildman–Crippen LogP) is 3.13. The van der Waals surface area contributed by atoms with Gasteiger partial charge < -0.3 is 5.11 Å². The number of halogens is 3. The van der Waals surface area contributed by atoms with E-state index in [4.69, 9.17) is 5.11 Å². The molecule has 1 fully saturated rings. The summed E-state index contributed by atoms with van der Waals surface area (Å²) in [6.45, 7) is 1.52. The van der Waals surface area contributed by atoms with Gasteiger partial charge in [-0.1, -0.05) is 12.1 Å². The van der Waals surface area contributed by atoms with E-state index in [2.05, 4.69) is 0 Å². The number of benzene rings is 1. The molecule has 1 saturated carbocycles. The van der Waals surface area contributed by atoms with Crippen molar-refractivity contribution in [2.75, 3.05) is 0 Å². The summed E-state index contributed by atoms with van der Waals surface area (Å²) in [5.41, 5.74) is -1.83. The second-order valence-electron chi connectivity index (χ2n) is 4.38. The molecule has 0 heterocycles. The third-order valence-corrected chi connectivity index (χ3v) is 3.22. The summed E-state index contributed by atoms with van der Waals surface area (Å²) < 4.78 is 38.6. The highest BCUT2D eigenvalue weighted by atomic mass is 19.4. The van der Waals surface area contributed by atoms with E-state index in [0.717, 1.165) is 6.07 Å². The van der Waals surface area contributed by atoms with Gasteiger partial charge in [0.15, 0.2) is 0 Å². The molecule has 0 atom stereocenters. The highest BCUT2D eigenvalue weighted by Crippen LogP contribution is 2.53. The van der Waals surface area contributed by atoms with Gasteiger partial charge in [0.05, 0.1) is 11.0 Å².